The summed E-state index contributed by atoms with van der Waals surface area (Å²) in [4.78, 5) is 10.3. The maximum Gasteiger partial charge on any atom is 0.573 e. The van der Waals surface area contributed by atoms with Crippen LogP contribution in [0, 0.1) is 6.92 Å². The predicted molar refractivity (Wildman–Crippen MR) is 54.5 cm³/mol. The molecule has 0 bridgehead atoms. The fourth-order valence-corrected chi connectivity index (χ4v) is 1.19. The van der Waals surface area contributed by atoms with Crippen molar-refractivity contribution in [3.63, 3.8) is 0 Å². The molecule has 0 aliphatic rings. The molecule has 1 N–H and O–H groups in total. The summed E-state index contributed by atoms with van der Waals surface area (Å²) >= 11 is 0. The number of hydrogen-bond donors (Lipinski definition) is 1. The van der Waals surface area contributed by atoms with Gasteiger partial charge in [-0.2, -0.15) is 0 Å². The Balaban J connectivity index is 2.90. The van der Waals surface area contributed by atoms with Gasteiger partial charge in [-0.25, -0.2) is 4.79 Å². The second-order valence-corrected chi connectivity index (χ2v) is 3.24. The Morgan fingerprint density at radius 3 is 2.53 bits per heavy atom. The van der Waals surface area contributed by atoms with E-state index >= 15 is 0 Å². The third-order valence-corrected chi connectivity index (χ3v) is 1.88. The monoisotopic (exact) mass is 246 g/mol. The molecular formula is C11H9F3O3. The molecule has 17 heavy (non-hydrogen) atoms. The van der Waals surface area contributed by atoms with E-state index in [0.717, 1.165) is 12.1 Å². The highest BCUT2D eigenvalue weighted by molar-refractivity contribution is 5.85. The normalized spacial score (nSPS) is 11.8. The van der Waals surface area contributed by atoms with E-state index in [1.165, 1.54) is 18.2 Å². The number of aryl methyl sites for hydroxylation is 1. The van der Waals surface area contributed by atoms with Gasteiger partial charge in [0.25, 0.3) is 0 Å². The Kier molecular flexibility index (Phi) is 3.77. The van der Waals surface area contributed by atoms with Gasteiger partial charge in [-0.1, -0.05) is 6.07 Å². The average Bonchev–Trinajstić information content (AvgIpc) is 2.13. The molecule has 0 saturated heterocycles. The van der Waals surface area contributed by atoms with Crippen LogP contribution >= 0.6 is 0 Å². The van der Waals surface area contributed by atoms with Gasteiger partial charge in [-0.05, 0) is 36.3 Å². The highest BCUT2D eigenvalue weighted by Gasteiger charge is 2.31. The number of hydrogen-bond acceptors (Lipinski definition) is 2. The van der Waals surface area contributed by atoms with Gasteiger partial charge in [0.05, 0.1) is 0 Å². The molecule has 0 heterocycles. The molecule has 0 saturated carbocycles. The summed E-state index contributed by atoms with van der Waals surface area (Å²) in [6, 6.07) is 3.67. The molecule has 3 nitrogen and oxygen atoms in total. The Labute approximate surface area is 95.1 Å². The zero-order valence-corrected chi connectivity index (χ0v) is 8.78. The van der Waals surface area contributed by atoms with E-state index in [9.17, 15) is 18.0 Å². The summed E-state index contributed by atoms with van der Waals surface area (Å²) in [5.41, 5.74) is 1.01. The molecule has 0 aliphatic heterocycles. The minimum absolute atomic E-state index is 0.331. The van der Waals surface area contributed by atoms with E-state index in [2.05, 4.69) is 4.74 Å². The Morgan fingerprint density at radius 1 is 1.41 bits per heavy atom. The van der Waals surface area contributed by atoms with Crippen molar-refractivity contribution in [3.8, 4) is 5.75 Å². The van der Waals surface area contributed by atoms with Crippen molar-refractivity contribution in [2.75, 3.05) is 0 Å². The first kappa shape index (κ1) is 13.1. The topological polar surface area (TPSA) is 46.5 Å². The third-order valence-electron chi connectivity index (χ3n) is 1.88. The van der Waals surface area contributed by atoms with Gasteiger partial charge in [-0.15, -0.1) is 13.2 Å². The van der Waals surface area contributed by atoms with Gasteiger partial charge >= 0.3 is 12.3 Å². The van der Waals surface area contributed by atoms with E-state index < -0.39 is 12.3 Å². The number of ether oxygens (including phenoxy) is 1. The van der Waals surface area contributed by atoms with E-state index in [0.29, 0.717) is 11.1 Å². The number of benzene rings is 1. The first-order valence-electron chi connectivity index (χ1n) is 4.55. The molecule has 0 fully saturated rings. The number of carboxylic acid groups (broad SMARTS) is 1. The van der Waals surface area contributed by atoms with Crippen molar-refractivity contribution in [2.45, 2.75) is 13.3 Å². The zero-order valence-electron chi connectivity index (χ0n) is 8.78. The van der Waals surface area contributed by atoms with Gasteiger partial charge < -0.3 is 9.84 Å². The lowest BCUT2D eigenvalue weighted by atomic mass is 10.1. The van der Waals surface area contributed by atoms with Crippen LogP contribution in [-0.4, -0.2) is 17.4 Å². The van der Waals surface area contributed by atoms with Crippen molar-refractivity contribution in [1.82, 2.24) is 0 Å². The number of alkyl halides is 3. The highest BCUT2D eigenvalue weighted by Crippen LogP contribution is 2.25. The zero-order chi connectivity index (χ0) is 13.1. The second kappa shape index (κ2) is 4.90. The lowest BCUT2D eigenvalue weighted by Crippen LogP contribution is -2.17. The number of aliphatic carboxylic acids is 1. The summed E-state index contributed by atoms with van der Waals surface area (Å²) in [5, 5.41) is 8.41. The van der Waals surface area contributed by atoms with Gasteiger partial charge in [-0.3, -0.25) is 0 Å². The second-order valence-electron chi connectivity index (χ2n) is 3.24. The smallest absolute Gasteiger partial charge is 0.478 e. The molecule has 1 aromatic rings. The molecule has 1 aromatic carbocycles. The van der Waals surface area contributed by atoms with E-state index in [-0.39, 0.29) is 5.75 Å². The molecule has 0 unspecified atom stereocenters. The Hall–Kier alpha value is -1.98. The van der Waals surface area contributed by atoms with Crippen LogP contribution in [0.2, 0.25) is 0 Å². The maximum atomic E-state index is 11.9. The lowest BCUT2D eigenvalue weighted by Gasteiger charge is -2.10. The number of rotatable bonds is 3. The SMILES string of the molecule is Cc1cc(OC(F)(F)F)ccc1C=CC(=O)O. The van der Waals surface area contributed by atoms with Crippen LogP contribution in [0.15, 0.2) is 24.3 Å². The minimum atomic E-state index is -4.73. The van der Waals surface area contributed by atoms with Crippen LogP contribution in [0.5, 0.6) is 5.75 Å². The van der Waals surface area contributed by atoms with Crippen LogP contribution in [0.3, 0.4) is 0 Å². The summed E-state index contributed by atoms with van der Waals surface area (Å²) < 4.78 is 39.5. The average molecular weight is 246 g/mol. The van der Waals surface area contributed by atoms with Crippen LogP contribution in [0.1, 0.15) is 11.1 Å². The molecule has 92 valence electrons. The molecule has 6 heteroatoms. The first-order valence-corrected chi connectivity index (χ1v) is 4.55. The van der Waals surface area contributed by atoms with Gasteiger partial charge in [0.1, 0.15) is 5.75 Å². The van der Waals surface area contributed by atoms with Gasteiger partial charge in [0, 0.05) is 6.08 Å². The van der Waals surface area contributed by atoms with Gasteiger partial charge in [0.2, 0.25) is 0 Å². The van der Waals surface area contributed by atoms with E-state index in [1.807, 2.05) is 0 Å². The number of carboxylic acids is 1. The number of carbonyl (C=O) groups is 1. The van der Waals surface area contributed by atoms with E-state index in [1.54, 1.807) is 6.92 Å². The predicted octanol–water partition coefficient (Wildman–Crippen LogP) is 2.99. The van der Waals surface area contributed by atoms with Crippen molar-refractivity contribution in [2.24, 2.45) is 0 Å². The first-order chi connectivity index (χ1) is 7.78. The summed E-state index contributed by atoms with van der Waals surface area (Å²) in [5.74, 6) is -1.46. The van der Waals surface area contributed by atoms with Crippen LogP contribution in [-0.2, 0) is 4.79 Å². The summed E-state index contributed by atoms with van der Waals surface area (Å²) in [7, 11) is 0. The van der Waals surface area contributed by atoms with Crippen molar-refractivity contribution in [3.05, 3.63) is 35.4 Å². The van der Waals surface area contributed by atoms with E-state index in [4.69, 9.17) is 5.11 Å². The Morgan fingerprint density at radius 2 is 2.06 bits per heavy atom. The van der Waals surface area contributed by atoms with Crippen molar-refractivity contribution >= 4 is 12.0 Å². The van der Waals surface area contributed by atoms with Crippen LogP contribution < -0.4 is 4.74 Å². The fourth-order valence-electron chi connectivity index (χ4n) is 1.19. The third kappa shape index (κ3) is 4.58. The quantitative estimate of drug-likeness (QED) is 0.834. The standard InChI is InChI=1S/C11H9F3O3/c1-7-6-9(17-11(12,13)14)4-2-8(7)3-5-10(15)16/h2-6H,1H3,(H,15,16). The minimum Gasteiger partial charge on any atom is -0.478 e. The molecule has 0 radical (unpaired) electrons. The molecular weight excluding hydrogens is 237 g/mol. The fraction of sp³-hybridized carbons (Fsp3) is 0.182. The summed E-state index contributed by atoms with van der Waals surface area (Å²) in [6.07, 6.45) is -2.52. The molecule has 0 aromatic heterocycles. The van der Waals surface area contributed by atoms with Crippen LogP contribution in [0.25, 0.3) is 6.08 Å². The van der Waals surface area contributed by atoms with Gasteiger partial charge in [0.15, 0.2) is 0 Å². The summed E-state index contributed by atoms with van der Waals surface area (Å²) in [6.45, 7) is 1.56. The molecule has 0 aliphatic carbocycles. The van der Waals surface area contributed by atoms with Crippen molar-refractivity contribution < 1.29 is 27.8 Å². The molecule has 0 spiro atoms. The maximum absolute atomic E-state index is 11.9. The number of halogens is 3. The molecule has 0 atom stereocenters. The molecule has 0 amide bonds. The van der Waals surface area contributed by atoms with Crippen molar-refractivity contribution in [1.29, 1.82) is 0 Å². The highest BCUT2D eigenvalue weighted by atomic mass is 19.4. The lowest BCUT2D eigenvalue weighted by molar-refractivity contribution is -0.274. The largest absolute Gasteiger partial charge is 0.573 e. The van der Waals surface area contributed by atoms with Crippen LogP contribution in [0.4, 0.5) is 13.2 Å². The Bertz CT molecular complexity index is 450. The molecule has 1 rings (SSSR count).